The largest absolute Gasteiger partial charge is 0.393 e. The molecule has 1 heteroatoms. The van der Waals surface area contributed by atoms with Crippen molar-refractivity contribution in [2.45, 2.75) is 92.1 Å². The van der Waals surface area contributed by atoms with E-state index in [1.165, 1.54) is 43.3 Å². The third-order valence-corrected chi connectivity index (χ3v) is 8.63. The van der Waals surface area contributed by atoms with Crippen LogP contribution in [0.15, 0.2) is 47.6 Å². The van der Waals surface area contributed by atoms with Gasteiger partial charge in [-0.05, 0) is 91.9 Å². The van der Waals surface area contributed by atoms with E-state index in [4.69, 9.17) is 0 Å². The third kappa shape index (κ3) is 4.98. The quantitative estimate of drug-likeness (QED) is 0.473. The lowest BCUT2D eigenvalue weighted by molar-refractivity contribution is 0.112. The molecule has 0 spiro atoms. The van der Waals surface area contributed by atoms with Crippen LogP contribution in [0.2, 0.25) is 0 Å². The van der Waals surface area contributed by atoms with Crippen LogP contribution in [0.3, 0.4) is 0 Å². The molecule has 0 aromatic heterocycles. The molecule has 0 aromatic rings. The molecule has 162 valence electrons. The molecule has 0 amide bonds. The molecule has 1 nitrogen and oxygen atoms in total. The molecule has 3 rings (SSSR count). The first-order valence-electron chi connectivity index (χ1n) is 12.2. The summed E-state index contributed by atoms with van der Waals surface area (Å²) in [5.41, 5.74) is 4.61. The molecule has 3 aliphatic carbocycles. The van der Waals surface area contributed by atoms with Crippen molar-refractivity contribution in [1.29, 1.82) is 0 Å². The maximum atomic E-state index is 10.0. The Bertz CT molecular complexity index is 678. The van der Waals surface area contributed by atoms with Crippen LogP contribution < -0.4 is 0 Å². The average molecular weight is 397 g/mol. The number of allylic oxidation sites excluding steroid dienone is 6. The first-order chi connectivity index (χ1) is 13.7. The molecule has 0 saturated heterocycles. The Morgan fingerprint density at radius 1 is 1.03 bits per heavy atom. The fourth-order valence-corrected chi connectivity index (χ4v) is 6.25. The van der Waals surface area contributed by atoms with Crippen LogP contribution in [0.1, 0.15) is 86.0 Å². The van der Waals surface area contributed by atoms with Crippen molar-refractivity contribution in [2.24, 2.45) is 35.0 Å². The van der Waals surface area contributed by atoms with Gasteiger partial charge in [0.1, 0.15) is 0 Å². The smallest absolute Gasteiger partial charge is 0.0583 e. The molecule has 6 atom stereocenters. The summed E-state index contributed by atoms with van der Waals surface area (Å²) < 4.78 is 0. The van der Waals surface area contributed by atoms with Crippen molar-refractivity contribution < 1.29 is 5.11 Å². The van der Waals surface area contributed by atoms with Crippen LogP contribution >= 0.6 is 0 Å². The Balaban J connectivity index is 1.75. The zero-order chi connectivity index (χ0) is 21.2. The van der Waals surface area contributed by atoms with Crippen LogP contribution in [0, 0.1) is 35.0 Å². The Kier molecular flexibility index (Phi) is 7.31. The van der Waals surface area contributed by atoms with Crippen LogP contribution in [0.4, 0.5) is 0 Å². The van der Waals surface area contributed by atoms with Crippen molar-refractivity contribution in [1.82, 2.24) is 0 Å². The average Bonchev–Trinajstić information content (AvgIpc) is 3.04. The summed E-state index contributed by atoms with van der Waals surface area (Å²) in [5.74, 6) is 3.58. The topological polar surface area (TPSA) is 20.2 Å². The second-order valence-corrected chi connectivity index (χ2v) is 10.9. The molecular weight excluding hydrogens is 352 g/mol. The molecule has 3 saturated carbocycles. The fraction of sp³-hybridized carbons (Fsp3) is 0.714. The van der Waals surface area contributed by atoms with Gasteiger partial charge in [0.25, 0.3) is 0 Å². The first kappa shape index (κ1) is 22.6. The minimum atomic E-state index is -0.182. The molecule has 0 unspecified atom stereocenters. The van der Waals surface area contributed by atoms with E-state index >= 15 is 0 Å². The summed E-state index contributed by atoms with van der Waals surface area (Å²) in [7, 11) is 0. The second kappa shape index (κ2) is 9.38. The number of rotatable bonds is 5. The normalized spacial score (nSPS) is 38.2. The second-order valence-electron chi connectivity index (χ2n) is 10.9. The summed E-state index contributed by atoms with van der Waals surface area (Å²) in [6, 6.07) is 0. The molecule has 3 aliphatic rings. The van der Waals surface area contributed by atoms with Gasteiger partial charge in [-0.1, -0.05) is 76.6 Å². The minimum absolute atomic E-state index is 0.182. The molecule has 0 heterocycles. The van der Waals surface area contributed by atoms with Gasteiger partial charge < -0.3 is 5.11 Å². The highest BCUT2D eigenvalue weighted by Crippen LogP contribution is 2.59. The van der Waals surface area contributed by atoms with Crippen LogP contribution in [-0.4, -0.2) is 11.2 Å². The molecular formula is C28H44O. The maximum absolute atomic E-state index is 10.0. The highest BCUT2D eigenvalue weighted by molar-refractivity contribution is 5.36. The lowest BCUT2D eigenvalue weighted by Crippen LogP contribution is -2.35. The lowest BCUT2D eigenvalue weighted by Gasteiger charge is -2.44. The number of hydrogen-bond acceptors (Lipinski definition) is 1. The summed E-state index contributed by atoms with van der Waals surface area (Å²) >= 11 is 0. The van der Waals surface area contributed by atoms with Crippen molar-refractivity contribution in [3.63, 3.8) is 0 Å². The molecule has 3 fully saturated rings. The van der Waals surface area contributed by atoms with Gasteiger partial charge >= 0.3 is 0 Å². The zero-order valence-electron chi connectivity index (χ0n) is 19.6. The molecule has 0 aliphatic heterocycles. The standard InChI is InChI=1S/C28H44O/c1-19(2)20(3)9-10-22(5)26-15-16-27-23(8-7-17-28(26,27)6)12-13-24-18-25(29)14-11-21(24)4/h9-10,12-13,19-20,22,25-27,29H,4,7-8,11,14-18H2,1-3,5-6H3/b10-9+,23-12+,24-13+/t20-,22+,25+,26-,27-,28+/m0/s1. The lowest BCUT2D eigenvalue weighted by atomic mass is 9.61. The van der Waals surface area contributed by atoms with E-state index in [-0.39, 0.29) is 6.10 Å². The van der Waals surface area contributed by atoms with E-state index in [0.717, 1.165) is 37.0 Å². The van der Waals surface area contributed by atoms with Crippen molar-refractivity contribution in [2.75, 3.05) is 0 Å². The summed E-state index contributed by atoms with van der Waals surface area (Å²) in [4.78, 5) is 0. The van der Waals surface area contributed by atoms with Crippen molar-refractivity contribution >= 4 is 0 Å². The number of aliphatic hydroxyl groups is 1. The molecule has 29 heavy (non-hydrogen) atoms. The first-order valence-corrected chi connectivity index (χ1v) is 12.2. The zero-order valence-corrected chi connectivity index (χ0v) is 19.6. The predicted octanol–water partition coefficient (Wildman–Crippen LogP) is 7.64. The van der Waals surface area contributed by atoms with E-state index in [2.05, 4.69) is 65.5 Å². The van der Waals surface area contributed by atoms with Crippen LogP contribution in [0.25, 0.3) is 0 Å². The van der Waals surface area contributed by atoms with Gasteiger partial charge in [-0.2, -0.15) is 0 Å². The van der Waals surface area contributed by atoms with Crippen LogP contribution in [0.5, 0.6) is 0 Å². The minimum Gasteiger partial charge on any atom is -0.393 e. The Hall–Kier alpha value is -1.08. The SMILES string of the molecule is C=C1CC[C@@H](O)C/C1=C\C=C1/CCC[C@@]2(C)[C@H]1CC[C@H]2[C@H](C)/C=C/[C@H](C)C(C)C. The van der Waals surface area contributed by atoms with Gasteiger partial charge in [0.15, 0.2) is 0 Å². The van der Waals surface area contributed by atoms with Crippen LogP contribution in [-0.2, 0) is 0 Å². The van der Waals surface area contributed by atoms with Gasteiger partial charge in [-0.3, -0.25) is 0 Å². The van der Waals surface area contributed by atoms with E-state index < -0.39 is 0 Å². The maximum Gasteiger partial charge on any atom is 0.0583 e. The van der Waals surface area contributed by atoms with Gasteiger partial charge in [-0.15, -0.1) is 0 Å². The van der Waals surface area contributed by atoms with E-state index in [0.29, 0.717) is 17.3 Å². The number of hydrogen-bond donors (Lipinski definition) is 1. The van der Waals surface area contributed by atoms with Crippen molar-refractivity contribution in [3.05, 3.63) is 47.6 Å². The fourth-order valence-electron chi connectivity index (χ4n) is 6.25. The van der Waals surface area contributed by atoms with Gasteiger partial charge in [-0.25, -0.2) is 0 Å². The van der Waals surface area contributed by atoms with Gasteiger partial charge in [0.2, 0.25) is 0 Å². The van der Waals surface area contributed by atoms with Crippen molar-refractivity contribution in [3.8, 4) is 0 Å². The predicted molar refractivity (Wildman–Crippen MR) is 126 cm³/mol. The molecule has 0 aromatic carbocycles. The number of fused-ring (bicyclic) bond motifs is 1. The molecule has 0 bridgehead atoms. The summed E-state index contributed by atoms with van der Waals surface area (Å²) in [6.45, 7) is 16.3. The highest BCUT2D eigenvalue weighted by atomic mass is 16.3. The van der Waals surface area contributed by atoms with E-state index in [1.54, 1.807) is 5.57 Å². The molecule has 1 N–H and O–H groups in total. The van der Waals surface area contributed by atoms with E-state index in [1.807, 2.05) is 0 Å². The Morgan fingerprint density at radius 2 is 1.79 bits per heavy atom. The Labute approximate surface area is 180 Å². The van der Waals surface area contributed by atoms with Gasteiger partial charge in [0, 0.05) is 0 Å². The van der Waals surface area contributed by atoms with E-state index in [9.17, 15) is 5.11 Å². The van der Waals surface area contributed by atoms with Gasteiger partial charge in [0.05, 0.1) is 6.10 Å². The third-order valence-electron chi connectivity index (χ3n) is 8.63. The monoisotopic (exact) mass is 396 g/mol. The summed E-state index contributed by atoms with van der Waals surface area (Å²) in [5, 5.41) is 10.0. The number of aliphatic hydroxyl groups excluding tert-OH is 1. The summed E-state index contributed by atoms with van der Waals surface area (Å²) in [6.07, 6.45) is 18.8. The Morgan fingerprint density at radius 3 is 2.52 bits per heavy atom. The molecule has 0 radical (unpaired) electrons. The highest BCUT2D eigenvalue weighted by Gasteiger charge is 2.50.